The van der Waals surface area contributed by atoms with Crippen LogP contribution in [0.15, 0.2) is 6.07 Å². The molecule has 0 fully saturated rings. The Hall–Kier alpha value is -1.38. The van der Waals surface area contributed by atoms with Gasteiger partial charge in [-0.25, -0.2) is 9.97 Å². The minimum atomic E-state index is 0.884. The van der Waals surface area contributed by atoms with Crippen molar-refractivity contribution in [1.29, 1.82) is 0 Å². The highest BCUT2D eigenvalue weighted by molar-refractivity contribution is 5.78. The highest BCUT2D eigenvalue weighted by Gasteiger charge is 2.04. The topological polar surface area (TPSA) is 41.6 Å². The fourth-order valence-corrected chi connectivity index (χ4v) is 1.51. The molecule has 0 radical (unpaired) electrons. The van der Waals surface area contributed by atoms with E-state index in [0.717, 1.165) is 34.7 Å². The number of aromatic nitrogens is 3. The Bertz CT molecular complexity index is 443. The van der Waals surface area contributed by atoms with Crippen LogP contribution in [0, 0.1) is 13.8 Å². The molecule has 2 rings (SSSR count). The van der Waals surface area contributed by atoms with E-state index in [1.165, 1.54) is 0 Å². The quantitative estimate of drug-likeness (QED) is 0.721. The van der Waals surface area contributed by atoms with Gasteiger partial charge in [0.2, 0.25) is 0 Å². The molecule has 1 N–H and O–H groups in total. The predicted octanol–water partition coefficient (Wildman–Crippen LogP) is 2.14. The van der Waals surface area contributed by atoms with Crippen molar-refractivity contribution in [3.05, 3.63) is 23.3 Å². The first kappa shape index (κ1) is 8.23. The average molecular weight is 175 g/mol. The van der Waals surface area contributed by atoms with Crippen LogP contribution in [0.5, 0.6) is 0 Å². The molecule has 2 aromatic rings. The first-order valence-electron chi connectivity index (χ1n) is 4.53. The highest BCUT2D eigenvalue weighted by atomic mass is 15.0. The minimum absolute atomic E-state index is 0.884. The normalized spacial score (nSPS) is 11.0. The molecule has 0 atom stereocenters. The molecule has 0 aliphatic carbocycles. The molecule has 0 aromatic carbocycles. The van der Waals surface area contributed by atoms with Crippen LogP contribution in [0.4, 0.5) is 0 Å². The molecule has 0 spiro atoms. The van der Waals surface area contributed by atoms with Gasteiger partial charge in [-0.3, -0.25) is 0 Å². The van der Waals surface area contributed by atoms with Gasteiger partial charge in [-0.05, 0) is 19.9 Å². The third kappa shape index (κ3) is 1.30. The largest absolute Gasteiger partial charge is 0.343 e. The summed E-state index contributed by atoms with van der Waals surface area (Å²) in [5.41, 5.74) is 3.16. The zero-order chi connectivity index (χ0) is 9.42. The van der Waals surface area contributed by atoms with Crippen molar-refractivity contribution in [2.45, 2.75) is 27.2 Å². The van der Waals surface area contributed by atoms with Crippen molar-refractivity contribution >= 4 is 11.0 Å². The van der Waals surface area contributed by atoms with Crippen LogP contribution in [0.25, 0.3) is 11.0 Å². The molecule has 0 unspecified atom stereocenters. The summed E-state index contributed by atoms with van der Waals surface area (Å²) in [6.07, 6.45) is 0.884. The van der Waals surface area contributed by atoms with E-state index in [1.54, 1.807) is 0 Å². The lowest BCUT2D eigenvalue weighted by molar-refractivity contribution is 0.937. The molecule has 0 aliphatic heterocycles. The lowest BCUT2D eigenvalue weighted by atomic mass is 10.3. The van der Waals surface area contributed by atoms with Crippen LogP contribution in [-0.2, 0) is 6.42 Å². The summed E-state index contributed by atoms with van der Waals surface area (Å²) in [6.45, 7) is 6.12. The number of hydrogen-bond donors (Lipinski definition) is 1. The van der Waals surface area contributed by atoms with Crippen LogP contribution in [0.3, 0.4) is 0 Å². The van der Waals surface area contributed by atoms with E-state index in [4.69, 9.17) is 0 Å². The van der Waals surface area contributed by atoms with Gasteiger partial charge in [0.15, 0.2) is 0 Å². The number of H-pyrrole nitrogens is 1. The monoisotopic (exact) mass is 175 g/mol. The van der Waals surface area contributed by atoms with Crippen LogP contribution < -0.4 is 0 Å². The summed E-state index contributed by atoms with van der Waals surface area (Å²) in [7, 11) is 0. The summed E-state index contributed by atoms with van der Waals surface area (Å²) >= 11 is 0. The van der Waals surface area contributed by atoms with Gasteiger partial charge in [-0.1, -0.05) is 6.92 Å². The minimum Gasteiger partial charge on any atom is -0.343 e. The van der Waals surface area contributed by atoms with Gasteiger partial charge >= 0.3 is 0 Å². The maximum atomic E-state index is 4.41. The molecule has 3 nitrogen and oxygen atoms in total. The number of fused-ring (bicyclic) bond motifs is 1. The first-order chi connectivity index (χ1) is 6.20. The van der Waals surface area contributed by atoms with E-state index >= 15 is 0 Å². The molecule has 0 saturated heterocycles. The fraction of sp³-hybridized carbons (Fsp3) is 0.400. The van der Waals surface area contributed by atoms with Crippen molar-refractivity contribution < 1.29 is 0 Å². The molecule has 13 heavy (non-hydrogen) atoms. The number of nitrogens with zero attached hydrogens (tertiary/aromatic N) is 2. The molecule has 3 heteroatoms. The summed E-state index contributed by atoms with van der Waals surface area (Å²) in [5, 5.41) is 1.13. The van der Waals surface area contributed by atoms with Crippen molar-refractivity contribution in [2.75, 3.05) is 0 Å². The van der Waals surface area contributed by atoms with Gasteiger partial charge < -0.3 is 4.98 Å². The van der Waals surface area contributed by atoms with Gasteiger partial charge in [0.05, 0.1) is 5.69 Å². The second kappa shape index (κ2) is 2.83. The van der Waals surface area contributed by atoms with Crippen molar-refractivity contribution in [2.24, 2.45) is 0 Å². The molecule has 0 amide bonds. The standard InChI is InChI=1S/C10H13N3/c1-4-9-12-7(3)8-5-6(2)11-10(8)13-9/h5H,4H2,1-3H3,(H,11,12,13). The summed E-state index contributed by atoms with van der Waals surface area (Å²) in [5.74, 6) is 0.909. The Balaban J connectivity index is 2.75. The van der Waals surface area contributed by atoms with Gasteiger partial charge in [0, 0.05) is 17.5 Å². The number of aromatic amines is 1. The number of aryl methyl sites for hydroxylation is 3. The van der Waals surface area contributed by atoms with E-state index in [2.05, 4.69) is 27.9 Å². The molecule has 68 valence electrons. The zero-order valence-corrected chi connectivity index (χ0v) is 8.18. The lowest BCUT2D eigenvalue weighted by Crippen LogP contribution is -1.95. The second-order valence-corrected chi connectivity index (χ2v) is 3.29. The number of nitrogens with one attached hydrogen (secondary N) is 1. The molecule has 2 heterocycles. The van der Waals surface area contributed by atoms with Gasteiger partial charge in [0.1, 0.15) is 11.5 Å². The first-order valence-corrected chi connectivity index (χ1v) is 4.53. The molecule has 0 aliphatic rings. The molecular weight excluding hydrogens is 162 g/mol. The van der Waals surface area contributed by atoms with E-state index in [1.807, 2.05) is 13.8 Å². The van der Waals surface area contributed by atoms with Gasteiger partial charge in [-0.15, -0.1) is 0 Å². The number of rotatable bonds is 1. The molecule has 0 bridgehead atoms. The van der Waals surface area contributed by atoms with E-state index in [9.17, 15) is 0 Å². The zero-order valence-electron chi connectivity index (χ0n) is 8.18. The Labute approximate surface area is 77.2 Å². The Morgan fingerprint density at radius 2 is 2.08 bits per heavy atom. The van der Waals surface area contributed by atoms with Crippen LogP contribution in [-0.4, -0.2) is 15.0 Å². The Morgan fingerprint density at radius 1 is 1.31 bits per heavy atom. The third-order valence-corrected chi connectivity index (χ3v) is 2.18. The van der Waals surface area contributed by atoms with Crippen LogP contribution in [0.1, 0.15) is 24.1 Å². The molecular formula is C10H13N3. The van der Waals surface area contributed by atoms with Gasteiger partial charge in [0.25, 0.3) is 0 Å². The maximum Gasteiger partial charge on any atom is 0.141 e. The van der Waals surface area contributed by atoms with Crippen molar-refractivity contribution in [3.63, 3.8) is 0 Å². The van der Waals surface area contributed by atoms with E-state index in [0.29, 0.717) is 0 Å². The maximum absolute atomic E-state index is 4.41. The summed E-state index contributed by atoms with van der Waals surface area (Å²) < 4.78 is 0. The predicted molar refractivity (Wildman–Crippen MR) is 52.7 cm³/mol. The molecule has 2 aromatic heterocycles. The highest BCUT2D eigenvalue weighted by Crippen LogP contribution is 2.15. The van der Waals surface area contributed by atoms with Gasteiger partial charge in [-0.2, -0.15) is 0 Å². The Kier molecular flexibility index (Phi) is 1.79. The summed E-state index contributed by atoms with van der Waals surface area (Å²) in [6, 6.07) is 2.09. The SMILES string of the molecule is CCc1nc(C)c2cc(C)[nH]c2n1. The smallest absolute Gasteiger partial charge is 0.141 e. The lowest BCUT2D eigenvalue weighted by Gasteiger charge is -1.98. The van der Waals surface area contributed by atoms with Crippen molar-refractivity contribution in [3.8, 4) is 0 Å². The fourth-order valence-electron chi connectivity index (χ4n) is 1.51. The van der Waals surface area contributed by atoms with E-state index in [-0.39, 0.29) is 0 Å². The number of hydrogen-bond acceptors (Lipinski definition) is 2. The summed E-state index contributed by atoms with van der Waals surface area (Å²) in [4.78, 5) is 12.0. The van der Waals surface area contributed by atoms with Crippen molar-refractivity contribution in [1.82, 2.24) is 15.0 Å². The molecule has 0 saturated carbocycles. The van der Waals surface area contributed by atoms with E-state index < -0.39 is 0 Å². The average Bonchev–Trinajstić information content (AvgIpc) is 2.46. The second-order valence-electron chi connectivity index (χ2n) is 3.29. The third-order valence-electron chi connectivity index (χ3n) is 2.18. The van der Waals surface area contributed by atoms with Crippen LogP contribution in [0.2, 0.25) is 0 Å². The van der Waals surface area contributed by atoms with Crippen LogP contribution >= 0.6 is 0 Å². The Morgan fingerprint density at radius 3 is 2.77 bits per heavy atom.